The van der Waals surface area contributed by atoms with Gasteiger partial charge in [-0.1, -0.05) is 0 Å². The highest BCUT2D eigenvalue weighted by atomic mass is 16.5. The molecule has 108 valence electrons. The van der Waals surface area contributed by atoms with E-state index in [-0.39, 0.29) is 38.0 Å². The third kappa shape index (κ3) is 17.3. The number of unbranched alkanes of at least 4 members (excludes halogenated alkanes) is 1. The lowest BCUT2D eigenvalue weighted by atomic mass is 10.3. The fraction of sp³-hybridized carbons (Fsp3) is 0.833. The fourth-order valence-corrected chi connectivity index (χ4v) is 0.894. The Labute approximate surface area is 108 Å². The molecule has 0 fully saturated rings. The van der Waals surface area contributed by atoms with Crippen molar-refractivity contribution in [3.8, 4) is 0 Å². The van der Waals surface area contributed by atoms with Crippen molar-refractivity contribution in [1.82, 2.24) is 0 Å². The van der Waals surface area contributed by atoms with E-state index in [0.29, 0.717) is 13.2 Å². The summed E-state index contributed by atoms with van der Waals surface area (Å²) in [4.78, 5) is 21.4. The average molecular weight is 264 g/mol. The summed E-state index contributed by atoms with van der Waals surface area (Å²) >= 11 is 0. The van der Waals surface area contributed by atoms with Gasteiger partial charge in [-0.15, -0.1) is 0 Å². The van der Waals surface area contributed by atoms with Gasteiger partial charge in [0.2, 0.25) is 0 Å². The van der Waals surface area contributed by atoms with Crippen LogP contribution in [0.2, 0.25) is 0 Å². The molecule has 0 bridgehead atoms. The zero-order chi connectivity index (χ0) is 14.2. The van der Waals surface area contributed by atoms with Crippen LogP contribution in [0, 0.1) is 0 Å². The molecule has 0 aromatic rings. The van der Waals surface area contributed by atoms with Crippen LogP contribution in [0.1, 0.15) is 39.5 Å². The Morgan fingerprint density at radius 3 is 1.39 bits per heavy atom. The van der Waals surface area contributed by atoms with Crippen LogP contribution in [0.4, 0.5) is 0 Å². The lowest BCUT2D eigenvalue weighted by Gasteiger charge is -2.01. The summed E-state index contributed by atoms with van der Waals surface area (Å²) in [6.45, 7) is 4.54. The third-order valence-corrected chi connectivity index (χ3v) is 1.71. The highest BCUT2D eigenvalue weighted by Gasteiger charge is 2.06. The van der Waals surface area contributed by atoms with Gasteiger partial charge in [-0.25, -0.2) is 0 Å². The predicted octanol–water partition coefficient (Wildman–Crippen LogP) is 0.644. The summed E-state index contributed by atoms with van der Waals surface area (Å²) in [5, 5.41) is 16.2. The summed E-state index contributed by atoms with van der Waals surface area (Å²) < 4.78 is 9.25. The third-order valence-electron chi connectivity index (χ3n) is 1.71. The minimum atomic E-state index is -0.356. The van der Waals surface area contributed by atoms with Crippen molar-refractivity contribution >= 4 is 11.9 Å². The minimum absolute atomic E-state index is 0.104. The highest BCUT2D eigenvalue weighted by molar-refractivity contribution is 5.77. The van der Waals surface area contributed by atoms with Gasteiger partial charge < -0.3 is 19.7 Å². The largest absolute Gasteiger partial charge is 0.466 e. The van der Waals surface area contributed by atoms with E-state index in [2.05, 4.69) is 9.47 Å². The monoisotopic (exact) mass is 264 g/mol. The van der Waals surface area contributed by atoms with E-state index in [1.54, 1.807) is 13.8 Å². The Morgan fingerprint density at radius 2 is 1.17 bits per heavy atom. The van der Waals surface area contributed by atoms with Gasteiger partial charge in [-0.3, -0.25) is 9.59 Å². The first-order valence-corrected chi connectivity index (χ1v) is 6.15. The molecule has 0 unspecified atom stereocenters. The van der Waals surface area contributed by atoms with E-state index in [4.69, 9.17) is 10.2 Å². The standard InChI is InChI=1S/C8H14O4.C4H10O2/c1-3-11-7(9)5-6-8(10)12-4-2;5-3-1-2-4-6/h3-6H2,1-2H3;5-6H,1-4H2. The zero-order valence-electron chi connectivity index (χ0n) is 11.2. The molecule has 0 aliphatic carbocycles. The molecule has 0 heterocycles. The quantitative estimate of drug-likeness (QED) is 0.494. The van der Waals surface area contributed by atoms with Crippen molar-refractivity contribution in [3.63, 3.8) is 0 Å². The van der Waals surface area contributed by atoms with Gasteiger partial charge in [0.1, 0.15) is 0 Å². The Hall–Kier alpha value is -1.14. The Kier molecular flexibility index (Phi) is 16.9. The fourth-order valence-electron chi connectivity index (χ4n) is 0.894. The molecule has 0 saturated heterocycles. The lowest BCUT2D eigenvalue weighted by molar-refractivity contribution is -0.149. The van der Waals surface area contributed by atoms with Crippen molar-refractivity contribution < 1.29 is 29.3 Å². The second-order valence-corrected chi connectivity index (χ2v) is 3.26. The Balaban J connectivity index is 0. The molecule has 0 rings (SSSR count). The molecule has 0 aromatic carbocycles. The first-order chi connectivity index (χ1) is 8.62. The number of hydrogen-bond donors (Lipinski definition) is 2. The Bertz CT molecular complexity index is 183. The molecule has 2 N–H and O–H groups in total. The molecule has 6 heteroatoms. The minimum Gasteiger partial charge on any atom is -0.466 e. The maximum Gasteiger partial charge on any atom is 0.306 e. The van der Waals surface area contributed by atoms with Crippen molar-refractivity contribution in [3.05, 3.63) is 0 Å². The molecule has 0 radical (unpaired) electrons. The van der Waals surface area contributed by atoms with Crippen LogP contribution < -0.4 is 0 Å². The predicted molar refractivity (Wildman–Crippen MR) is 65.9 cm³/mol. The first kappa shape index (κ1) is 19.2. The molecule has 18 heavy (non-hydrogen) atoms. The number of rotatable bonds is 8. The van der Waals surface area contributed by atoms with Crippen LogP contribution in [0.25, 0.3) is 0 Å². The van der Waals surface area contributed by atoms with E-state index in [0.717, 1.165) is 12.8 Å². The number of carbonyl (C=O) groups is 2. The van der Waals surface area contributed by atoms with E-state index in [9.17, 15) is 9.59 Å². The summed E-state index contributed by atoms with van der Waals surface area (Å²) in [5.41, 5.74) is 0. The molecule has 0 aromatic heterocycles. The SMILES string of the molecule is CCOC(=O)CCC(=O)OCC.OCCCCO. The van der Waals surface area contributed by atoms with Gasteiger partial charge in [0, 0.05) is 13.2 Å². The van der Waals surface area contributed by atoms with E-state index < -0.39 is 0 Å². The topological polar surface area (TPSA) is 93.1 Å². The maximum absolute atomic E-state index is 10.7. The lowest BCUT2D eigenvalue weighted by Crippen LogP contribution is -2.09. The van der Waals surface area contributed by atoms with Crippen molar-refractivity contribution in [2.24, 2.45) is 0 Å². The maximum atomic E-state index is 10.7. The second-order valence-electron chi connectivity index (χ2n) is 3.26. The second kappa shape index (κ2) is 15.9. The van der Waals surface area contributed by atoms with Crippen LogP contribution in [0.5, 0.6) is 0 Å². The van der Waals surface area contributed by atoms with Gasteiger partial charge >= 0.3 is 11.9 Å². The first-order valence-electron chi connectivity index (χ1n) is 6.15. The van der Waals surface area contributed by atoms with Gasteiger partial charge in [-0.05, 0) is 26.7 Å². The van der Waals surface area contributed by atoms with Crippen LogP contribution in [0.15, 0.2) is 0 Å². The summed E-state index contributed by atoms with van der Waals surface area (Å²) in [6, 6.07) is 0. The van der Waals surface area contributed by atoms with Crippen LogP contribution in [-0.2, 0) is 19.1 Å². The van der Waals surface area contributed by atoms with Crippen molar-refractivity contribution in [1.29, 1.82) is 0 Å². The zero-order valence-corrected chi connectivity index (χ0v) is 11.2. The van der Waals surface area contributed by atoms with Gasteiger partial charge in [0.05, 0.1) is 26.1 Å². The summed E-state index contributed by atoms with van der Waals surface area (Å²) in [7, 11) is 0. The van der Waals surface area contributed by atoms with Gasteiger partial charge in [0.25, 0.3) is 0 Å². The number of aliphatic hydroxyl groups is 2. The van der Waals surface area contributed by atoms with Crippen molar-refractivity contribution in [2.75, 3.05) is 26.4 Å². The molecule has 0 amide bonds. The summed E-state index contributed by atoms with van der Waals surface area (Å²) in [6.07, 6.45) is 1.65. The van der Waals surface area contributed by atoms with E-state index in [1.807, 2.05) is 0 Å². The molecular formula is C12H24O6. The van der Waals surface area contributed by atoms with Crippen LogP contribution >= 0.6 is 0 Å². The molecule has 0 spiro atoms. The van der Waals surface area contributed by atoms with Gasteiger partial charge in [-0.2, -0.15) is 0 Å². The number of ether oxygens (including phenoxy) is 2. The summed E-state index contributed by atoms with van der Waals surface area (Å²) in [5.74, 6) is -0.712. The number of carbonyl (C=O) groups excluding carboxylic acids is 2. The van der Waals surface area contributed by atoms with Crippen LogP contribution in [0.3, 0.4) is 0 Å². The van der Waals surface area contributed by atoms with Crippen LogP contribution in [-0.4, -0.2) is 48.6 Å². The smallest absolute Gasteiger partial charge is 0.306 e. The van der Waals surface area contributed by atoms with Crippen molar-refractivity contribution in [2.45, 2.75) is 39.5 Å². The number of aliphatic hydroxyl groups excluding tert-OH is 2. The molecule has 0 aliphatic heterocycles. The Morgan fingerprint density at radius 1 is 0.833 bits per heavy atom. The van der Waals surface area contributed by atoms with E-state index in [1.165, 1.54) is 0 Å². The van der Waals surface area contributed by atoms with Gasteiger partial charge in [0.15, 0.2) is 0 Å². The highest BCUT2D eigenvalue weighted by Crippen LogP contribution is 1.95. The molecule has 0 saturated carbocycles. The molecule has 0 aliphatic rings. The molecular weight excluding hydrogens is 240 g/mol. The number of esters is 2. The normalized spacial score (nSPS) is 9.11. The average Bonchev–Trinajstić information content (AvgIpc) is 2.35. The molecule has 6 nitrogen and oxygen atoms in total. The molecule has 0 atom stereocenters. The van der Waals surface area contributed by atoms with E-state index >= 15 is 0 Å². The number of hydrogen-bond acceptors (Lipinski definition) is 6.